The van der Waals surface area contributed by atoms with E-state index < -0.39 is 11.6 Å². The van der Waals surface area contributed by atoms with Crippen LogP contribution in [0.15, 0.2) is 30.6 Å². The second kappa shape index (κ2) is 3.69. The summed E-state index contributed by atoms with van der Waals surface area (Å²) in [5.74, 6) is -1.77. The van der Waals surface area contributed by atoms with Crippen LogP contribution in [-0.4, -0.2) is 31.7 Å². The van der Waals surface area contributed by atoms with Crippen LogP contribution in [0.4, 0.5) is 0 Å². The second-order valence-electron chi connectivity index (χ2n) is 4.78. The molecule has 6 nitrogen and oxygen atoms in total. The third-order valence-electron chi connectivity index (χ3n) is 3.70. The van der Waals surface area contributed by atoms with Crippen molar-refractivity contribution in [3.8, 4) is 11.5 Å². The van der Waals surface area contributed by atoms with Gasteiger partial charge in [0.25, 0.3) is 0 Å². The number of carbonyl (C=O) groups excluding carboxylic acids is 2. The van der Waals surface area contributed by atoms with Crippen molar-refractivity contribution >= 4 is 22.3 Å². The summed E-state index contributed by atoms with van der Waals surface area (Å²) in [6.45, 7) is 0. The first-order valence-corrected chi connectivity index (χ1v) is 6.20. The highest BCUT2D eigenvalue weighted by molar-refractivity contribution is 6.31. The van der Waals surface area contributed by atoms with Crippen LogP contribution in [-0.2, 0) is 0 Å². The van der Waals surface area contributed by atoms with Gasteiger partial charge in [-0.2, -0.15) is 0 Å². The van der Waals surface area contributed by atoms with Crippen LogP contribution in [0, 0.1) is 0 Å². The summed E-state index contributed by atoms with van der Waals surface area (Å²) in [5.41, 5.74) is -0.404. The third kappa shape index (κ3) is 1.28. The number of fused-ring (bicyclic) bond motifs is 3. The fourth-order valence-electron chi connectivity index (χ4n) is 2.73. The minimum atomic E-state index is -0.584. The number of imidazole rings is 1. The van der Waals surface area contributed by atoms with Crippen molar-refractivity contribution in [1.29, 1.82) is 0 Å². The molecule has 0 aliphatic heterocycles. The molecule has 0 saturated heterocycles. The van der Waals surface area contributed by atoms with Gasteiger partial charge in [0.05, 0.1) is 17.5 Å². The molecule has 3 aromatic rings. The zero-order valence-corrected chi connectivity index (χ0v) is 10.5. The van der Waals surface area contributed by atoms with Crippen LogP contribution < -0.4 is 0 Å². The predicted molar refractivity (Wildman–Crippen MR) is 72.7 cm³/mol. The van der Waals surface area contributed by atoms with Gasteiger partial charge in [-0.3, -0.25) is 9.59 Å². The van der Waals surface area contributed by atoms with E-state index in [1.807, 2.05) is 0 Å². The molecule has 0 saturated carbocycles. The van der Waals surface area contributed by atoms with Crippen molar-refractivity contribution < 1.29 is 19.8 Å². The molecule has 4 rings (SSSR count). The van der Waals surface area contributed by atoms with Crippen LogP contribution >= 0.6 is 0 Å². The van der Waals surface area contributed by atoms with E-state index >= 15 is 0 Å². The number of rotatable bonds is 0. The summed E-state index contributed by atoms with van der Waals surface area (Å²) < 4.78 is 0. The lowest BCUT2D eigenvalue weighted by molar-refractivity contribution is 0.0969. The number of aromatic amines is 1. The van der Waals surface area contributed by atoms with E-state index in [1.165, 1.54) is 6.33 Å². The van der Waals surface area contributed by atoms with Crippen molar-refractivity contribution in [3.63, 3.8) is 0 Å². The first-order chi connectivity index (χ1) is 10.1. The predicted octanol–water partition coefficient (Wildman–Crippen LogP) is 1.75. The lowest BCUT2D eigenvalue weighted by atomic mass is 9.86. The van der Waals surface area contributed by atoms with Gasteiger partial charge in [-0.1, -0.05) is 24.3 Å². The SMILES string of the molecule is O=C1c2nc[nH]c2C(=O)c2c1c(O)c1ccccc1c2O. The Kier molecular flexibility index (Phi) is 2.05. The number of nitrogens with one attached hydrogen (secondary N) is 1. The number of hydrogen-bond donors (Lipinski definition) is 3. The number of benzene rings is 2. The van der Waals surface area contributed by atoms with Crippen LogP contribution in [0.2, 0.25) is 0 Å². The third-order valence-corrected chi connectivity index (χ3v) is 3.70. The fraction of sp³-hybridized carbons (Fsp3) is 0. The Hall–Kier alpha value is -3.15. The monoisotopic (exact) mass is 280 g/mol. The van der Waals surface area contributed by atoms with Crippen molar-refractivity contribution in [3.05, 3.63) is 53.1 Å². The topological polar surface area (TPSA) is 103 Å². The number of H-pyrrole nitrogens is 1. The second-order valence-corrected chi connectivity index (χ2v) is 4.78. The molecule has 3 N–H and O–H groups in total. The van der Waals surface area contributed by atoms with Gasteiger partial charge in [0.15, 0.2) is 0 Å². The minimum Gasteiger partial charge on any atom is -0.506 e. The molecule has 0 radical (unpaired) electrons. The fourth-order valence-corrected chi connectivity index (χ4v) is 2.73. The molecule has 6 heteroatoms. The number of aromatic nitrogens is 2. The molecule has 0 amide bonds. The van der Waals surface area contributed by atoms with Gasteiger partial charge in [0.1, 0.15) is 22.9 Å². The van der Waals surface area contributed by atoms with E-state index in [0.717, 1.165) is 0 Å². The van der Waals surface area contributed by atoms with Crippen LogP contribution in [0.3, 0.4) is 0 Å². The number of aromatic hydroxyl groups is 2. The zero-order valence-electron chi connectivity index (χ0n) is 10.5. The van der Waals surface area contributed by atoms with E-state index in [9.17, 15) is 19.8 Å². The molecule has 2 aromatic carbocycles. The minimum absolute atomic E-state index is 0.0254. The maximum atomic E-state index is 12.4. The highest BCUT2D eigenvalue weighted by atomic mass is 16.3. The van der Waals surface area contributed by atoms with Crippen molar-refractivity contribution in [1.82, 2.24) is 9.97 Å². The van der Waals surface area contributed by atoms with Crippen molar-refractivity contribution in [2.45, 2.75) is 0 Å². The number of carbonyl (C=O) groups is 2. The van der Waals surface area contributed by atoms with Crippen LogP contribution in [0.5, 0.6) is 11.5 Å². The quantitative estimate of drug-likeness (QED) is 0.426. The lowest BCUT2D eigenvalue weighted by Crippen LogP contribution is -2.21. The summed E-state index contributed by atoms with van der Waals surface area (Å²) >= 11 is 0. The Morgan fingerprint density at radius 3 is 2.10 bits per heavy atom. The van der Waals surface area contributed by atoms with Crippen LogP contribution in [0.1, 0.15) is 32.1 Å². The Morgan fingerprint density at radius 1 is 0.905 bits per heavy atom. The summed E-state index contributed by atoms with van der Waals surface area (Å²) in [6, 6.07) is 6.49. The summed E-state index contributed by atoms with van der Waals surface area (Å²) in [7, 11) is 0. The van der Waals surface area contributed by atoms with Gasteiger partial charge in [-0.15, -0.1) is 0 Å². The van der Waals surface area contributed by atoms with Crippen LogP contribution in [0.25, 0.3) is 10.8 Å². The number of ketones is 2. The molecule has 102 valence electrons. The molecule has 0 spiro atoms. The molecule has 1 heterocycles. The number of phenolic OH excluding ortho intramolecular Hbond substituents is 2. The summed E-state index contributed by atoms with van der Waals surface area (Å²) in [6.07, 6.45) is 1.24. The highest BCUT2D eigenvalue weighted by Crippen LogP contribution is 2.43. The number of phenols is 2. The highest BCUT2D eigenvalue weighted by Gasteiger charge is 2.37. The van der Waals surface area contributed by atoms with Crippen molar-refractivity contribution in [2.24, 2.45) is 0 Å². The normalized spacial score (nSPS) is 13.3. The molecule has 0 atom stereocenters. The first kappa shape index (κ1) is 11.7. The standard InChI is InChI=1S/C15H8N2O4/c18-12-6-3-1-2-4-7(6)13(19)9-8(12)14(20)10-11(15(9)21)17-5-16-10/h1-5,18-19H,(H,16,17). The van der Waals surface area contributed by atoms with Gasteiger partial charge in [0.2, 0.25) is 11.6 Å². The average Bonchev–Trinajstić information content (AvgIpc) is 2.98. The molecule has 1 aromatic heterocycles. The lowest BCUT2D eigenvalue weighted by Gasteiger charge is -2.18. The molecule has 0 fully saturated rings. The molecular weight excluding hydrogens is 272 g/mol. The van der Waals surface area contributed by atoms with E-state index in [2.05, 4.69) is 9.97 Å². The Balaban J connectivity index is 2.21. The van der Waals surface area contributed by atoms with Gasteiger partial charge < -0.3 is 15.2 Å². The summed E-state index contributed by atoms with van der Waals surface area (Å²) in [4.78, 5) is 31.3. The zero-order chi connectivity index (χ0) is 14.7. The van der Waals surface area contributed by atoms with Gasteiger partial charge >= 0.3 is 0 Å². The maximum Gasteiger partial charge on any atom is 0.218 e. The van der Waals surface area contributed by atoms with E-state index in [4.69, 9.17) is 0 Å². The molecule has 0 unspecified atom stereocenters. The molecule has 1 aliphatic carbocycles. The van der Waals surface area contributed by atoms with Crippen molar-refractivity contribution in [2.75, 3.05) is 0 Å². The summed E-state index contributed by atoms with van der Waals surface area (Å²) in [5, 5.41) is 21.3. The van der Waals surface area contributed by atoms with E-state index in [-0.39, 0.29) is 34.0 Å². The van der Waals surface area contributed by atoms with Gasteiger partial charge in [-0.05, 0) is 0 Å². The molecule has 21 heavy (non-hydrogen) atoms. The largest absolute Gasteiger partial charge is 0.506 e. The Morgan fingerprint density at radius 2 is 1.48 bits per heavy atom. The van der Waals surface area contributed by atoms with E-state index in [1.54, 1.807) is 24.3 Å². The van der Waals surface area contributed by atoms with Gasteiger partial charge in [0, 0.05) is 10.8 Å². The average molecular weight is 280 g/mol. The maximum absolute atomic E-state index is 12.4. The number of nitrogens with zero attached hydrogens (tertiary/aromatic N) is 1. The number of hydrogen-bond acceptors (Lipinski definition) is 5. The van der Waals surface area contributed by atoms with Gasteiger partial charge in [-0.25, -0.2) is 4.98 Å². The Labute approximate surface area is 117 Å². The molecule has 1 aliphatic rings. The first-order valence-electron chi connectivity index (χ1n) is 6.20. The smallest absolute Gasteiger partial charge is 0.218 e. The molecular formula is C15H8N2O4. The van der Waals surface area contributed by atoms with E-state index in [0.29, 0.717) is 10.8 Å². The Bertz CT molecular complexity index is 881. The molecule has 0 bridgehead atoms.